The monoisotopic (exact) mass is 243 g/mol. The molecule has 3 amide bonds. The molecule has 0 radical (unpaired) electrons. The third kappa shape index (κ3) is 2.05. The van der Waals surface area contributed by atoms with Crippen molar-refractivity contribution in [3.05, 3.63) is 29.8 Å². The number of anilines is 1. The summed E-state index contributed by atoms with van der Waals surface area (Å²) in [6.07, 6.45) is 0.674. The quantitative estimate of drug-likeness (QED) is 0.858. The zero-order valence-electron chi connectivity index (χ0n) is 10.0. The fourth-order valence-electron chi connectivity index (χ4n) is 1.94. The number of imide groups is 1. The third-order valence-electron chi connectivity index (χ3n) is 3.00. The van der Waals surface area contributed by atoms with E-state index in [9.17, 15) is 9.59 Å². The molecule has 18 heavy (non-hydrogen) atoms. The largest absolute Gasteiger partial charge is 0.337 e. The highest BCUT2D eigenvalue weighted by atomic mass is 16.2. The maximum absolute atomic E-state index is 12.1. The summed E-state index contributed by atoms with van der Waals surface area (Å²) < 4.78 is 0. The molecule has 1 aliphatic heterocycles. The molecule has 1 fully saturated rings. The van der Waals surface area contributed by atoms with Crippen molar-refractivity contribution in [3.8, 4) is 6.07 Å². The number of benzene rings is 1. The van der Waals surface area contributed by atoms with Crippen LogP contribution in [0.15, 0.2) is 24.3 Å². The zero-order valence-corrected chi connectivity index (χ0v) is 10.0. The van der Waals surface area contributed by atoms with Crippen LogP contribution in [-0.2, 0) is 4.79 Å². The van der Waals surface area contributed by atoms with E-state index in [0.29, 0.717) is 24.2 Å². The van der Waals surface area contributed by atoms with Gasteiger partial charge in [0, 0.05) is 6.54 Å². The molecule has 1 atom stereocenters. The molecule has 92 valence electrons. The molecule has 2 rings (SSSR count). The van der Waals surface area contributed by atoms with Gasteiger partial charge in [0.25, 0.3) is 0 Å². The highest BCUT2D eigenvalue weighted by molar-refractivity contribution is 6.16. The van der Waals surface area contributed by atoms with Gasteiger partial charge in [0.05, 0.1) is 23.2 Å². The normalized spacial score (nSPS) is 19.3. The number of urea groups is 1. The molecule has 0 aliphatic carbocycles. The molecule has 1 aliphatic rings. The summed E-state index contributed by atoms with van der Waals surface area (Å²) in [6.45, 7) is 2.28. The number of nitrogens with zero attached hydrogens (tertiary/aromatic N) is 2. The van der Waals surface area contributed by atoms with Crippen LogP contribution in [0.4, 0.5) is 10.5 Å². The van der Waals surface area contributed by atoms with E-state index in [0.717, 1.165) is 4.90 Å². The van der Waals surface area contributed by atoms with Crippen LogP contribution in [0.3, 0.4) is 0 Å². The molecular formula is C13H13N3O2. The van der Waals surface area contributed by atoms with Gasteiger partial charge in [-0.05, 0) is 24.6 Å². The molecule has 0 bridgehead atoms. The van der Waals surface area contributed by atoms with Crippen molar-refractivity contribution < 1.29 is 9.59 Å². The third-order valence-corrected chi connectivity index (χ3v) is 3.00. The second kappa shape index (κ2) is 4.88. The number of nitrogens with one attached hydrogen (secondary N) is 1. The summed E-state index contributed by atoms with van der Waals surface area (Å²) in [7, 11) is 0. The number of carbonyl (C=O) groups is 2. The lowest BCUT2D eigenvalue weighted by Gasteiger charge is -2.30. The molecule has 5 nitrogen and oxygen atoms in total. The average molecular weight is 243 g/mol. The number of hydrogen-bond donors (Lipinski definition) is 1. The van der Waals surface area contributed by atoms with Gasteiger partial charge in [0.1, 0.15) is 0 Å². The van der Waals surface area contributed by atoms with Crippen LogP contribution in [0.1, 0.15) is 18.9 Å². The van der Waals surface area contributed by atoms with Crippen LogP contribution in [-0.4, -0.2) is 18.5 Å². The lowest BCUT2D eigenvalue weighted by molar-refractivity contribution is -0.122. The van der Waals surface area contributed by atoms with Gasteiger partial charge >= 0.3 is 6.03 Å². The van der Waals surface area contributed by atoms with Gasteiger partial charge in [-0.1, -0.05) is 13.0 Å². The lowest BCUT2D eigenvalue weighted by Crippen LogP contribution is -2.55. The molecule has 0 saturated carbocycles. The smallest absolute Gasteiger partial charge is 0.328 e. The number of nitriles is 1. The van der Waals surface area contributed by atoms with Crippen LogP contribution in [0.25, 0.3) is 0 Å². The van der Waals surface area contributed by atoms with E-state index in [4.69, 9.17) is 5.26 Å². The van der Waals surface area contributed by atoms with Gasteiger partial charge in [-0.15, -0.1) is 0 Å². The fraction of sp³-hybridized carbons (Fsp3) is 0.308. The molecule has 1 unspecified atom stereocenters. The van der Waals surface area contributed by atoms with E-state index in [1.54, 1.807) is 18.2 Å². The van der Waals surface area contributed by atoms with Crippen molar-refractivity contribution in [3.63, 3.8) is 0 Å². The van der Waals surface area contributed by atoms with Crippen LogP contribution in [0, 0.1) is 17.2 Å². The van der Waals surface area contributed by atoms with Gasteiger partial charge < -0.3 is 5.32 Å². The average Bonchev–Trinajstić information content (AvgIpc) is 2.39. The lowest BCUT2D eigenvalue weighted by atomic mass is 10.0. The first-order chi connectivity index (χ1) is 8.67. The molecule has 1 saturated heterocycles. The summed E-state index contributed by atoms with van der Waals surface area (Å²) in [5.41, 5.74) is 0.862. The predicted molar refractivity (Wildman–Crippen MR) is 65.8 cm³/mol. The number of rotatable bonds is 2. The Morgan fingerprint density at radius 2 is 2.28 bits per heavy atom. The predicted octanol–water partition coefficient (Wildman–Crippen LogP) is 1.64. The first-order valence-electron chi connectivity index (χ1n) is 5.79. The molecular weight excluding hydrogens is 230 g/mol. The van der Waals surface area contributed by atoms with Crippen molar-refractivity contribution in [2.24, 2.45) is 5.92 Å². The van der Waals surface area contributed by atoms with Gasteiger partial charge in [-0.2, -0.15) is 5.26 Å². The Labute approximate surface area is 105 Å². The van der Waals surface area contributed by atoms with Crippen LogP contribution < -0.4 is 10.2 Å². The van der Waals surface area contributed by atoms with Crippen molar-refractivity contribution in [2.45, 2.75) is 13.3 Å². The van der Waals surface area contributed by atoms with Gasteiger partial charge in [-0.25, -0.2) is 9.69 Å². The van der Waals surface area contributed by atoms with E-state index in [-0.39, 0.29) is 11.8 Å². The molecule has 1 aromatic rings. The van der Waals surface area contributed by atoms with Crippen molar-refractivity contribution in [1.29, 1.82) is 5.26 Å². The van der Waals surface area contributed by atoms with E-state index in [2.05, 4.69) is 5.32 Å². The fourth-order valence-corrected chi connectivity index (χ4v) is 1.94. The summed E-state index contributed by atoms with van der Waals surface area (Å²) in [5, 5.41) is 11.5. The summed E-state index contributed by atoms with van der Waals surface area (Å²) in [5.74, 6) is -0.412. The van der Waals surface area contributed by atoms with E-state index in [1.165, 1.54) is 6.07 Å². The first-order valence-corrected chi connectivity index (χ1v) is 5.79. The zero-order chi connectivity index (χ0) is 13.1. The van der Waals surface area contributed by atoms with Gasteiger partial charge in [0.15, 0.2) is 0 Å². The first kappa shape index (κ1) is 12.1. The molecule has 1 aromatic carbocycles. The molecule has 0 spiro atoms. The minimum Gasteiger partial charge on any atom is -0.337 e. The van der Waals surface area contributed by atoms with Gasteiger partial charge in [-0.3, -0.25) is 4.79 Å². The Morgan fingerprint density at radius 1 is 1.50 bits per heavy atom. The number of carbonyl (C=O) groups excluding carboxylic acids is 2. The minimum atomic E-state index is -0.431. The number of hydrogen-bond acceptors (Lipinski definition) is 3. The highest BCUT2D eigenvalue weighted by Crippen LogP contribution is 2.22. The second-order valence-electron chi connectivity index (χ2n) is 4.13. The molecule has 1 heterocycles. The van der Waals surface area contributed by atoms with Crippen molar-refractivity contribution in [2.75, 3.05) is 11.4 Å². The summed E-state index contributed by atoms with van der Waals surface area (Å²) >= 11 is 0. The maximum Gasteiger partial charge on any atom is 0.328 e. The highest BCUT2D eigenvalue weighted by Gasteiger charge is 2.34. The van der Waals surface area contributed by atoms with E-state index >= 15 is 0 Å². The standard InChI is InChI=1S/C13H13N3O2/c1-2-10-8-15-13(18)16(12(10)17)11-5-3-4-9(6-11)7-14/h3-6,10H,2,8H2,1H3,(H,15,18). The topological polar surface area (TPSA) is 73.2 Å². The van der Waals surface area contributed by atoms with E-state index in [1.807, 2.05) is 13.0 Å². The van der Waals surface area contributed by atoms with Gasteiger partial charge in [0.2, 0.25) is 5.91 Å². The maximum atomic E-state index is 12.1. The second-order valence-corrected chi connectivity index (χ2v) is 4.13. The van der Waals surface area contributed by atoms with Crippen LogP contribution >= 0.6 is 0 Å². The summed E-state index contributed by atoms with van der Waals surface area (Å²) in [6, 6.07) is 8.04. The molecule has 1 N–H and O–H groups in total. The summed E-state index contributed by atoms with van der Waals surface area (Å²) in [4.78, 5) is 25.0. The SMILES string of the molecule is CCC1CNC(=O)N(c2cccc(C#N)c2)C1=O. The Morgan fingerprint density at radius 3 is 2.94 bits per heavy atom. The Hall–Kier alpha value is -2.35. The van der Waals surface area contributed by atoms with Crippen LogP contribution in [0.2, 0.25) is 0 Å². The Balaban J connectivity index is 2.37. The van der Waals surface area contributed by atoms with Crippen molar-refractivity contribution in [1.82, 2.24) is 5.32 Å². The number of amides is 3. The Kier molecular flexibility index (Phi) is 3.28. The molecule has 0 aromatic heterocycles. The minimum absolute atomic E-state index is 0.201. The van der Waals surface area contributed by atoms with Crippen LogP contribution in [0.5, 0.6) is 0 Å². The van der Waals surface area contributed by atoms with Crippen molar-refractivity contribution >= 4 is 17.6 Å². The Bertz CT molecular complexity index is 533. The molecule has 5 heteroatoms. The van der Waals surface area contributed by atoms with E-state index < -0.39 is 6.03 Å².